The van der Waals surface area contributed by atoms with Gasteiger partial charge >= 0.3 is 5.97 Å². The molecule has 0 spiro atoms. The number of aromatic nitrogens is 1. The van der Waals surface area contributed by atoms with Gasteiger partial charge in [0.2, 0.25) is 5.88 Å². The fraction of sp³-hybridized carbons (Fsp3) is 0.111. The first-order chi connectivity index (χ1) is 6.66. The summed E-state index contributed by atoms with van der Waals surface area (Å²) in [4.78, 5) is 14.4. The summed E-state index contributed by atoms with van der Waals surface area (Å²) >= 11 is 5.70. The standard InChI is InChI=1S/C9H6ClNO3/c1-2-5-14-8-7(10)6(9(12)13)3-4-11-8/h1,3-4H,5H2,(H,12,13). The van der Waals surface area contributed by atoms with Crippen molar-refractivity contribution in [3.8, 4) is 18.2 Å². The van der Waals surface area contributed by atoms with Crippen LogP contribution in [0.4, 0.5) is 0 Å². The number of hydrogen-bond acceptors (Lipinski definition) is 3. The molecule has 0 fully saturated rings. The molecule has 4 nitrogen and oxygen atoms in total. The van der Waals surface area contributed by atoms with Crippen LogP contribution in [0, 0.1) is 12.3 Å². The fourth-order valence-electron chi connectivity index (χ4n) is 0.800. The normalized spacial score (nSPS) is 9.14. The topological polar surface area (TPSA) is 59.4 Å². The molecule has 0 radical (unpaired) electrons. The minimum absolute atomic E-state index is 0.00417. The highest BCUT2D eigenvalue weighted by molar-refractivity contribution is 6.34. The number of ether oxygens (including phenoxy) is 1. The van der Waals surface area contributed by atoms with E-state index in [2.05, 4.69) is 10.9 Å². The second-order valence-electron chi connectivity index (χ2n) is 2.28. The van der Waals surface area contributed by atoms with Crippen molar-refractivity contribution in [3.63, 3.8) is 0 Å². The number of aromatic carboxylic acids is 1. The van der Waals surface area contributed by atoms with Crippen LogP contribution in [0.25, 0.3) is 0 Å². The third-order valence-electron chi connectivity index (χ3n) is 1.38. The van der Waals surface area contributed by atoms with Crippen LogP contribution < -0.4 is 4.74 Å². The molecule has 1 heterocycles. The molecule has 0 unspecified atom stereocenters. The van der Waals surface area contributed by atoms with Crippen molar-refractivity contribution in [1.29, 1.82) is 0 Å². The van der Waals surface area contributed by atoms with Gasteiger partial charge in [0, 0.05) is 6.20 Å². The zero-order valence-corrected chi connectivity index (χ0v) is 7.78. The number of pyridine rings is 1. The molecule has 0 atom stereocenters. The van der Waals surface area contributed by atoms with Crippen LogP contribution in [-0.4, -0.2) is 22.7 Å². The van der Waals surface area contributed by atoms with Crippen LogP contribution in [0.1, 0.15) is 10.4 Å². The number of nitrogens with zero attached hydrogens (tertiary/aromatic N) is 1. The molecule has 0 amide bonds. The maximum absolute atomic E-state index is 10.6. The first-order valence-corrected chi connectivity index (χ1v) is 3.98. The Morgan fingerprint density at radius 3 is 3.07 bits per heavy atom. The van der Waals surface area contributed by atoms with Crippen LogP contribution in [-0.2, 0) is 0 Å². The molecule has 72 valence electrons. The summed E-state index contributed by atoms with van der Waals surface area (Å²) in [5.41, 5.74) is -0.0614. The monoisotopic (exact) mass is 211 g/mol. The van der Waals surface area contributed by atoms with Crippen molar-refractivity contribution >= 4 is 17.6 Å². The first kappa shape index (κ1) is 10.4. The molecule has 1 aromatic rings. The van der Waals surface area contributed by atoms with Gasteiger partial charge in [-0.3, -0.25) is 0 Å². The highest BCUT2D eigenvalue weighted by Gasteiger charge is 2.13. The molecule has 14 heavy (non-hydrogen) atoms. The number of rotatable bonds is 3. The van der Waals surface area contributed by atoms with Gasteiger partial charge in [0.1, 0.15) is 5.02 Å². The maximum Gasteiger partial charge on any atom is 0.337 e. The molecule has 0 aliphatic heterocycles. The lowest BCUT2D eigenvalue weighted by Crippen LogP contribution is -2.02. The van der Waals surface area contributed by atoms with Crippen LogP contribution in [0.5, 0.6) is 5.88 Å². The summed E-state index contributed by atoms with van der Waals surface area (Å²) in [7, 11) is 0. The average Bonchev–Trinajstić information content (AvgIpc) is 2.16. The number of carboxylic acids is 1. The van der Waals surface area contributed by atoms with Gasteiger partial charge < -0.3 is 9.84 Å². The largest absolute Gasteiger partial charge is 0.478 e. The highest BCUT2D eigenvalue weighted by Crippen LogP contribution is 2.25. The van der Waals surface area contributed by atoms with E-state index in [1.54, 1.807) is 0 Å². The van der Waals surface area contributed by atoms with Crippen LogP contribution in [0.15, 0.2) is 12.3 Å². The van der Waals surface area contributed by atoms with Gasteiger partial charge in [0.05, 0.1) is 5.56 Å². The quantitative estimate of drug-likeness (QED) is 0.769. The molecule has 1 N–H and O–H groups in total. The van der Waals surface area contributed by atoms with Gasteiger partial charge in [-0.1, -0.05) is 17.5 Å². The van der Waals surface area contributed by atoms with Crippen LogP contribution in [0.3, 0.4) is 0 Å². The Morgan fingerprint density at radius 2 is 2.50 bits per heavy atom. The molecule has 0 bridgehead atoms. The zero-order valence-electron chi connectivity index (χ0n) is 7.03. The number of carboxylic acid groups (broad SMARTS) is 1. The molecule has 0 aromatic carbocycles. The van der Waals surface area contributed by atoms with Gasteiger partial charge in [-0.25, -0.2) is 9.78 Å². The summed E-state index contributed by atoms with van der Waals surface area (Å²) in [6.07, 6.45) is 6.25. The third-order valence-corrected chi connectivity index (χ3v) is 1.75. The van der Waals surface area contributed by atoms with Gasteiger partial charge in [-0.2, -0.15) is 0 Å². The molecule has 0 saturated heterocycles. The number of halogens is 1. The van der Waals surface area contributed by atoms with Crippen molar-refractivity contribution in [2.75, 3.05) is 6.61 Å². The van der Waals surface area contributed by atoms with E-state index in [0.717, 1.165) is 0 Å². The Bertz CT molecular complexity index is 398. The average molecular weight is 212 g/mol. The van der Waals surface area contributed by atoms with Crippen LogP contribution in [0.2, 0.25) is 5.02 Å². The lowest BCUT2D eigenvalue weighted by atomic mass is 10.3. The van der Waals surface area contributed by atoms with Crippen molar-refractivity contribution in [2.45, 2.75) is 0 Å². The second-order valence-corrected chi connectivity index (χ2v) is 2.65. The van der Waals surface area contributed by atoms with E-state index in [1.165, 1.54) is 12.3 Å². The minimum Gasteiger partial charge on any atom is -0.478 e. The van der Waals surface area contributed by atoms with Gasteiger partial charge in [0.15, 0.2) is 6.61 Å². The van der Waals surface area contributed by atoms with Crippen molar-refractivity contribution in [2.24, 2.45) is 0 Å². The Hall–Kier alpha value is -1.73. The predicted molar refractivity (Wildman–Crippen MR) is 50.5 cm³/mol. The molecule has 5 heteroatoms. The van der Waals surface area contributed by atoms with E-state index < -0.39 is 5.97 Å². The zero-order chi connectivity index (χ0) is 10.6. The van der Waals surface area contributed by atoms with Gasteiger partial charge in [-0.05, 0) is 6.07 Å². The fourth-order valence-corrected chi connectivity index (χ4v) is 1.05. The predicted octanol–water partition coefficient (Wildman–Crippen LogP) is 1.45. The van der Waals surface area contributed by atoms with Crippen molar-refractivity contribution in [1.82, 2.24) is 4.98 Å². The molecule has 1 rings (SSSR count). The van der Waals surface area contributed by atoms with Gasteiger partial charge in [0.25, 0.3) is 0 Å². The van der Waals surface area contributed by atoms with Crippen molar-refractivity contribution in [3.05, 3.63) is 22.8 Å². The van der Waals surface area contributed by atoms with Crippen LogP contribution >= 0.6 is 11.6 Å². The third kappa shape index (κ3) is 2.15. The molecular weight excluding hydrogens is 206 g/mol. The molecule has 0 aliphatic rings. The molecule has 0 saturated carbocycles. The van der Waals surface area contributed by atoms with E-state index in [0.29, 0.717) is 0 Å². The maximum atomic E-state index is 10.6. The number of carbonyl (C=O) groups is 1. The Balaban J connectivity index is 3.02. The van der Waals surface area contributed by atoms with E-state index in [-0.39, 0.29) is 23.1 Å². The number of terminal acetylenes is 1. The second kappa shape index (κ2) is 4.49. The van der Waals surface area contributed by atoms with Gasteiger partial charge in [-0.15, -0.1) is 6.42 Å². The van der Waals surface area contributed by atoms with E-state index in [4.69, 9.17) is 27.9 Å². The van der Waals surface area contributed by atoms with E-state index >= 15 is 0 Å². The smallest absolute Gasteiger partial charge is 0.337 e. The summed E-state index contributed by atoms with van der Waals surface area (Å²) < 4.78 is 4.93. The van der Waals surface area contributed by atoms with Crippen molar-refractivity contribution < 1.29 is 14.6 Å². The van der Waals surface area contributed by atoms with E-state index in [9.17, 15) is 4.79 Å². The molecule has 1 aromatic heterocycles. The summed E-state index contributed by atoms with van der Waals surface area (Å²) in [5, 5.41) is 8.66. The summed E-state index contributed by atoms with van der Waals surface area (Å²) in [6, 6.07) is 1.29. The first-order valence-electron chi connectivity index (χ1n) is 3.61. The number of hydrogen-bond donors (Lipinski definition) is 1. The summed E-state index contributed by atoms with van der Waals surface area (Å²) in [6.45, 7) is -0.00417. The molecular formula is C9H6ClNO3. The minimum atomic E-state index is -1.14. The Morgan fingerprint density at radius 1 is 1.79 bits per heavy atom. The highest BCUT2D eigenvalue weighted by atomic mass is 35.5. The lowest BCUT2D eigenvalue weighted by molar-refractivity contribution is 0.0696. The lowest BCUT2D eigenvalue weighted by Gasteiger charge is -2.04. The summed E-state index contributed by atoms with van der Waals surface area (Å²) in [5.74, 6) is 1.12. The van der Waals surface area contributed by atoms with E-state index in [1.807, 2.05) is 0 Å². The Kier molecular flexibility index (Phi) is 3.32. The SMILES string of the molecule is C#CCOc1nccc(C(=O)O)c1Cl. The molecule has 0 aliphatic carbocycles. The Labute approximate surface area is 85.5 Å².